The Kier molecular flexibility index (Phi) is 5.68. The van der Waals surface area contributed by atoms with E-state index in [0.29, 0.717) is 12.2 Å². The second-order valence-electron chi connectivity index (χ2n) is 4.88. The van der Waals surface area contributed by atoms with Crippen LogP contribution in [0, 0.1) is 10.1 Å². The third kappa shape index (κ3) is 4.81. The molecule has 0 aliphatic rings. The third-order valence-corrected chi connectivity index (χ3v) is 3.10. The molecule has 0 aromatic heterocycles. The van der Waals surface area contributed by atoms with Crippen LogP contribution in [0.25, 0.3) is 0 Å². The summed E-state index contributed by atoms with van der Waals surface area (Å²) in [6.07, 6.45) is 0.547. The number of hydrogen-bond donors (Lipinski definition) is 0. The third-order valence-electron chi connectivity index (χ3n) is 3.10. The number of nitro groups is 1. The molecule has 6 heteroatoms. The van der Waals surface area contributed by atoms with Crippen molar-refractivity contribution in [2.45, 2.75) is 25.9 Å². The van der Waals surface area contributed by atoms with Crippen LogP contribution in [0.1, 0.15) is 19.8 Å². The Morgan fingerprint density at radius 1 is 1.09 bits per heavy atom. The number of nitrogens with zero attached hydrogens (tertiary/aromatic N) is 1. The van der Waals surface area contributed by atoms with E-state index in [0.717, 1.165) is 6.42 Å². The predicted octanol–water partition coefficient (Wildman–Crippen LogP) is 3.75. The summed E-state index contributed by atoms with van der Waals surface area (Å²) >= 11 is 0. The lowest BCUT2D eigenvalue weighted by atomic mass is 10.2. The van der Waals surface area contributed by atoms with E-state index in [1.165, 1.54) is 24.3 Å². The Balaban J connectivity index is 2.04. The Morgan fingerprint density at radius 2 is 1.74 bits per heavy atom. The maximum Gasteiger partial charge on any atom is 0.352 e. The molecule has 0 bridgehead atoms. The Morgan fingerprint density at radius 3 is 2.30 bits per heavy atom. The molecule has 23 heavy (non-hydrogen) atoms. The summed E-state index contributed by atoms with van der Waals surface area (Å²) in [6.45, 7) is 1.94. The number of carbonyl (C=O) groups is 1. The maximum absolute atomic E-state index is 12.2. The molecule has 0 saturated carbocycles. The van der Waals surface area contributed by atoms with Crippen molar-refractivity contribution in [3.05, 3.63) is 64.7 Å². The molecule has 1 unspecified atom stereocenters. The summed E-state index contributed by atoms with van der Waals surface area (Å²) in [5.41, 5.74) is -0.0598. The fourth-order valence-corrected chi connectivity index (χ4v) is 1.97. The van der Waals surface area contributed by atoms with Gasteiger partial charge in [-0.15, -0.1) is 0 Å². The van der Waals surface area contributed by atoms with Gasteiger partial charge in [0.1, 0.15) is 11.5 Å². The molecule has 0 aliphatic carbocycles. The summed E-state index contributed by atoms with van der Waals surface area (Å²) in [5.74, 6) is 0.314. The van der Waals surface area contributed by atoms with Gasteiger partial charge in [0.2, 0.25) is 0 Å². The molecule has 2 rings (SSSR count). The number of carbonyl (C=O) groups excluding carboxylic acids is 1. The molecule has 0 aliphatic heterocycles. The van der Waals surface area contributed by atoms with E-state index in [9.17, 15) is 14.9 Å². The lowest BCUT2D eigenvalue weighted by molar-refractivity contribution is -0.384. The zero-order valence-corrected chi connectivity index (χ0v) is 12.7. The quantitative estimate of drug-likeness (QED) is 0.336. The van der Waals surface area contributed by atoms with Gasteiger partial charge in [-0.05, 0) is 30.7 Å². The summed E-state index contributed by atoms with van der Waals surface area (Å²) in [7, 11) is 0. The molecule has 120 valence electrons. The normalized spacial score (nSPS) is 11.5. The van der Waals surface area contributed by atoms with Gasteiger partial charge in [-0.3, -0.25) is 10.1 Å². The van der Waals surface area contributed by atoms with Crippen LogP contribution in [0.3, 0.4) is 0 Å². The second kappa shape index (κ2) is 7.93. The van der Waals surface area contributed by atoms with Gasteiger partial charge in [0.15, 0.2) is 6.10 Å². The van der Waals surface area contributed by atoms with Crippen molar-refractivity contribution in [1.82, 2.24) is 0 Å². The highest BCUT2D eigenvalue weighted by Gasteiger charge is 2.22. The van der Waals surface area contributed by atoms with Gasteiger partial charge >= 0.3 is 5.97 Å². The Bertz CT molecular complexity index is 654. The maximum atomic E-state index is 12.2. The van der Waals surface area contributed by atoms with Crippen molar-refractivity contribution < 1.29 is 19.2 Å². The summed E-state index contributed by atoms with van der Waals surface area (Å²) < 4.78 is 10.9. The summed E-state index contributed by atoms with van der Waals surface area (Å²) in [6, 6.07) is 14.4. The SMILES string of the molecule is CCCC(Oc1ccccc1)C(=O)Oc1ccc([N+](=O)[O-])cc1. The first kappa shape index (κ1) is 16.5. The first-order valence-electron chi connectivity index (χ1n) is 7.28. The van der Waals surface area contributed by atoms with Gasteiger partial charge < -0.3 is 9.47 Å². The van der Waals surface area contributed by atoms with Crippen LogP contribution in [0.5, 0.6) is 11.5 Å². The fraction of sp³-hybridized carbons (Fsp3) is 0.235. The van der Waals surface area contributed by atoms with Gasteiger partial charge in [0, 0.05) is 12.1 Å². The molecular formula is C17H17NO5. The van der Waals surface area contributed by atoms with Crippen LogP contribution in [0.4, 0.5) is 5.69 Å². The van der Waals surface area contributed by atoms with Gasteiger partial charge in [-0.2, -0.15) is 0 Å². The molecule has 2 aromatic rings. The van der Waals surface area contributed by atoms with E-state index in [1.807, 2.05) is 25.1 Å². The highest BCUT2D eigenvalue weighted by atomic mass is 16.6. The second-order valence-corrected chi connectivity index (χ2v) is 4.88. The monoisotopic (exact) mass is 315 g/mol. The highest BCUT2D eigenvalue weighted by Crippen LogP contribution is 2.20. The minimum absolute atomic E-state index is 0.0598. The topological polar surface area (TPSA) is 78.7 Å². The van der Waals surface area contributed by atoms with Crippen molar-refractivity contribution in [3.63, 3.8) is 0 Å². The molecule has 2 aromatic carbocycles. The van der Waals surface area contributed by atoms with Crippen LogP contribution in [0.2, 0.25) is 0 Å². The van der Waals surface area contributed by atoms with Crippen molar-refractivity contribution in [2.75, 3.05) is 0 Å². The molecule has 1 atom stereocenters. The van der Waals surface area contributed by atoms with Crippen LogP contribution in [-0.4, -0.2) is 17.0 Å². The molecule has 0 fully saturated rings. The number of rotatable bonds is 7. The van der Waals surface area contributed by atoms with Gasteiger partial charge in [0.05, 0.1) is 4.92 Å². The molecule has 0 saturated heterocycles. The average molecular weight is 315 g/mol. The van der Waals surface area contributed by atoms with E-state index < -0.39 is 17.0 Å². The van der Waals surface area contributed by atoms with Crippen molar-refractivity contribution in [1.29, 1.82) is 0 Å². The van der Waals surface area contributed by atoms with E-state index in [1.54, 1.807) is 12.1 Å². The van der Waals surface area contributed by atoms with E-state index in [-0.39, 0.29) is 11.4 Å². The zero-order chi connectivity index (χ0) is 16.7. The lowest BCUT2D eigenvalue weighted by Crippen LogP contribution is -2.31. The van der Waals surface area contributed by atoms with Crippen LogP contribution in [0.15, 0.2) is 54.6 Å². The minimum atomic E-state index is -0.724. The summed E-state index contributed by atoms with van der Waals surface area (Å²) in [4.78, 5) is 22.3. The lowest BCUT2D eigenvalue weighted by Gasteiger charge is -2.17. The zero-order valence-electron chi connectivity index (χ0n) is 12.7. The number of esters is 1. The molecule has 0 spiro atoms. The van der Waals surface area contributed by atoms with Crippen LogP contribution in [-0.2, 0) is 4.79 Å². The molecule has 6 nitrogen and oxygen atoms in total. The number of benzene rings is 2. The standard InChI is InChI=1S/C17H17NO5/c1-2-6-16(22-14-7-4-3-5-8-14)17(19)23-15-11-9-13(10-12-15)18(20)21/h3-5,7-12,16H,2,6H2,1H3. The van der Waals surface area contributed by atoms with Gasteiger partial charge in [-0.1, -0.05) is 31.5 Å². The van der Waals surface area contributed by atoms with Crippen molar-refractivity contribution in [3.8, 4) is 11.5 Å². The number of non-ortho nitro benzene ring substituents is 1. The van der Waals surface area contributed by atoms with E-state index in [4.69, 9.17) is 9.47 Å². The Labute approximate surface area is 133 Å². The van der Waals surface area contributed by atoms with E-state index in [2.05, 4.69) is 0 Å². The minimum Gasteiger partial charge on any atom is -0.479 e. The largest absolute Gasteiger partial charge is 0.479 e. The van der Waals surface area contributed by atoms with Gasteiger partial charge in [-0.25, -0.2) is 4.79 Å². The number of para-hydroxylation sites is 1. The molecule has 0 N–H and O–H groups in total. The fourth-order valence-electron chi connectivity index (χ4n) is 1.97. The highest BCUT2D eigenvalue weighted by molar-refractivity contribution is 5.77. The molecule has 0 amide bonds. The number of ether oxygens (including phenoxy) is 2. The first-order valence-corrected chi connectivity index (χ1v) is 7.28. The molecular weight excluding hydrogens is 298 g/mol. The van der Waals surface area contributed by atoms with Crippen molar-refractivity contribution in [2.24, 2.45) is 0 Å². The number of hydrogen-bond acceptors (Lipinski definition) is 5. The Hall–Kier alpha value is -2.89. The summed E-state index contributed by atoms with van der Waals surface area (Å²) in [5, 5.41) is 10.6. The van der Waals surface area contributed by atoms with Crippen LogP contribution < -0.4 is 9.47 Å². The smallest absolute Gasteiger partial charge is 0.352 e. The predicted molar refractivity (Wildman–Crippen MR) is 84.5 cm³/mol. The van der Waals surface area contributed by atoms with Crippen LogP contribution >= 0.6 is 0 Å². The first-order chi connectivity index (χ1) is 11.1. The molecule has 0 heterocycles. The number of nitro benzene ring substituents is 1. The van der Waals surface area contributed by atoms with Gasteiger partial charge in [0.25, 0.3) is 5.69 Å². The molecule has 0 radical (unpaired) electrons. The van der Waals surface area contributed by atoms with Crippen molar-refractivity contribution >= 4 is 11.7 Å². The average Bonchev–Trinajstić information content (AvgIpc) is 2.56. The van der Waals surface area contributed by atoms with E-state index >= 15 is 0 Å².